The van der Waals surface area contributed by atoms with Crippen molar-refractivity contribution in [3.05, 3.63) is 111 Å². The second-order valence-corrected chi connectivity index (χ2v) is 10.4. The van der Waals surface area contributed by atoms with E-state index >= 15 is 0 Å². The summed E-state index contributed by atoms with van der Waals surface area (Å²) >= 11 is 0. The molecular formula is C32H35FN6O3. The molecule has 9 nitrogen and oxygen atoms in total. The molecule has 1 N–H and O–H groups in total. The first-order valence-electron chi connectivity index (χ1n) is 14.0. The highest BCUT2D eigenvalue weighted by Gasteiger charge is 2.26. The van der Waals surface area contributed by atoms with Crippen molar-refractivity contribution in [2.75, 3.05) is 20.8 Å². The molecule has 10 heteroatoms. The number of H-pyrrole nitrogens is 1. The van der Waals surface area contributed by atoms with Gasteiger partial charge in [0.05, 0.1) is 26.8 Å². The predicted octanol–water partition coefficient (Wildman–Crippen LogP) is 5.22. The van der Waals surface area contributed by atoms with Crippen LogP contribution in [-0.2, 0) is 19.5 Å². The molecule has 5 aromatic rings. The molecular weight excluding hydrogens is 535 g/mol. The lowest BCUT2D eigenvalue weighted by molar-refractivity contribution is 0.172. The number of fused-ring (bicyclic) bond motifs is 1. The van der Waals surface area contributed by atoms with E-state index in [0.717, 1.165) is 27.6 Å². The van der Waals surface area contributed by atoms with E-state index in [1.165, 1.54) is 12.1 Å². The Balaban J connectivity index is 1.48. The molecule has 1 atom stereocenters. The molecule has 0 amide bonds. The third-order valence-electron chi connectivity index (χ3n) is 7.52. The number of ether oxygens (including phenoxy) is 2. The van der Waals surface area contributed by atoms with Crippen LogP contribution in [0.25, 0.3) is 10.9 Å². The van der Waals surface area contributed by atoms with Crippen LogP contribution in [0.4, 0.5) is 4.39 Å². The van der Waals surface area contributed by atoms with Gasteiger partial charge in [0.2, 0.25) is 0 Å². The number of pyridine rings is 1. The Kier molecular flexibility index (Phi) is 8.92. The number of aromatic nitrogens is 5. The third kappa shape index (κ3) is 6.49. The van der Waals surface area contributed by atoms with E-state index in [1.807, 2.05) is 49.4 Å². The molecule has 0 spiro atoms. The van der Waals surface area contributed by atoms with Crippen LogP contribution in [0.3, 0.4) is 0 Å². The van der Waals surface area contributed by atoms with E-state index in [4.69, 9.17) is 9.47 Å². The first-order chi connectivity index (χ1) is 20.4. The van der Waals surface area contributed by atoms with Crippen LogP contribution in [0, 0.1) is 12.7 Å². The van der Waals surface area contributed by atoms with Gasteiger partial charge in [0.15, 0.2) is 17.3 Å². The monoisotopic (exact) mass is 570 g/mol. The second kappa shape index (κ2) is 12.9. The molecule has 0 bridgehead atoms. The number of tetrazole rings is 1. The fourth-order valence-corrected chi connectivity index (χ4v) is 5.28. The van der Waals surface area contributed by atoms with Gasteiger partial charge in [-0.05, 0) is 88.7 Å². The van der Waals surface area contributed by atoms with Gasteiger partial charge in [0.1, 0.15) is 5.82 Å². The molecule has 2 heterocycles. The molecule has 2 aromatic heterocycles. The van der Waals surface area contributed by atoms with E-state index < -0.39 is 0 Å². The minimum atomic E-state index is -0.292. The topological polar surface area (TPSA) is 98.2 Å². The Hall–Kier alpha value is -4.57. The van der Waals surface area contributed by atoms with Crippen molar-refractivity contribution in [1.82, 2.24) is 30.1 Å². The van der Waals surface area contributed by atoms with Crippen LogP contribution in [0.15, 0.2) is 71.5 Å². The highest BCUT2D eigenvalue weighted by atomic mass is 19.1. The molecule has 218 valence electrons. The quantitative estimate of drug-likeness (QED) is 0.220. The Labute approximate surface area is 243 Å². The summed E-state index contributed by atoms with van der Waals surface area (Å²) in [5.74, 6) is 1.72. The molecule has 0 aliphatic rings. The maximum atomic E-state index is 13.5. The number of aromatic amines is 1. The molecule has 0 fully saturated rings. The summed E-state index contributed by atoms with van der Waals surface area (Å²) in [4.78, 5) is 18.6. The number of nitrogens with zero attached hydrogens (tertiary/aromatic N) is 5. The van der Waals surface area contributed by atoms with Crippen LogP contribution in [0.5, 0.6) is 11.5 Å². The Morgan fingerprint density at radius 3 is 2.48 bits per heavy atom. The first kappa shape index (κ1) is 28.9. The standard InChI is InChI=1S/C32H35FN6O3/c1-5-28(31-35-36-37-39(31)19-23-7-11-26(33)12-8-23)38(15-14-22-9-13-29(41-3)30(17-22)42-4)20-25-18-24-10-6-21(2)16-27(24)34-32(25)40/h6-13,16-18,28H,5,14-15,19-20H2,1-4H3,(H,34,40)/t28-/m0/s1. The fourth-order valence-electron chi connectivity index (χ4n) is 5.28. The Morgan fingerprint density at radius 1 is 0.976 bits per heavy atom. The number of hydrogen-bond donors (Lipinski definition) is 1. The Morgan fingerprint density at radius 2 is 1.74 bits per heavy atom. The van der Waals surface area contributed by atoms with Crippen molar-refractivity contribution in [3.63, 3.8) is 0 Å². The SMILES string of the molecule is CC[C@@H](c1nnnn1Cc1ccc(F)cc1)N(CCc1ccc(OC)c(OC)c1)Cc1cc2ccc(C)cc2[nH]c1=O. The molecule has 0 aliphatic carbocycles. The molecule has 0 radical (unpaired) electrons. The van der Waals surface area contributed by atoms with Crippen molar-refractivity contribution in [3.8, 4) is 11.5 Å². The number of aryl methyl sites for hydroxylation is 1. The van der Waals surface area contributed by atoms with Crippen molar-refractivity contribution in [2.24, 2.45) is 0 Å². The van der Waals surface area contributed by atoms with Gasteiger partial charge in [-0.1, -0.05) is 37.3 Å². The third-order valence-corrected chi connectivity index (χ3v) is 7.52. The minimum absolute atomic E-state index is 0.120. The molecule has 5 rings (SSSR count). The van der Waals surface area contributed by atoms with E-state index in [-0.39, 0.29) is 17.4 Å². The van der Waals surface area contributed by atoms with Crippen LogP contribution in [0.1, 0.15) is 47.5 Å². The molecule has 42 heavy (non-hydrogen) atoms. The van der Waals surface area contributed by atoms with Gasteiger partial charge < -0.3 is 14.5 Å². The predicted molar refractivity (Wildman–Crippen MR) is 159 cm³/mol. The summed E-state index contributed by atoms with van der Waals surface area (Å²) in [6.07, 6.45) is 1.40. The van der Waals surface area contributed by atoms with Gasteiger partial charge in [0, 0.05) is 24.2 Å². The van der Waals surface area contributed by atoms with Gasteiger partial charge in [-0.25, -0.2) is 9.07 Å². The van der Waals surface area contributed by atoms with E-state index in [0.29, 0.717) is 55.4 Å². The Bertz CT molecular complexity index is 1720. The normalized spacial score (nSPS) is 12.1. The highest BCUT2D eigenvalue weighted by Crippen LogP contribution is 2.29. The lowest BCUT2D eigenvalue weighted by atomic mass is 10.1. The smallest absolute Gasteiger partial charge is 0.252 e. The zero-order valence-corrected chi connectivity index (χ0v) is 24.3. The summed E-state index contributed by atoms with van der Waals surface area (Å²) in [5, 5.41) is 13.6. The van der Waals surface area contributed by atoms with Gasteiger partial charge >= 0.3 is 0 Å². The largest absolute Gasteiger partial charge is 0.493 e. The van der Waals surface area contributed by atoms with Crippen LogP contribution < -0.4 is 15.0 Å². The van der Waals surface area contributed by atoms with Gasteiger partial charge in [-0.15, -0.1) is 5.10 Å². The zero-order valence-electron chi connectivity index (χ0n) is 24.3. The number of halogens is 1. The maximum absolute atomic E-state index is 13.5. The molecule has 0 saturated heterocycles. The average Bonchev–Trinajstić information content (AvgIpc) is 3.45. The fraction of sp³-hybridized carbons (Fsp3) is 0.312. The molecule has 3 aromatic carbocycles. The minimum Gasteiger partial charge on any atom is -0.493 e. The van der Waals surface area contributed by atoms with Crippen molar-refractivity contribution < 1.29 is 13.9 Å². The highest BCUT2D eigenvalue weighted by molar-refractivity contribution is 5.79. The lowest BCUT2D eigenvalue weighted by Gasteiger charge is -2.30. The van der Waals surface area contributed by atoms with Gasteiger partial charge in [-0.3, -0.25) is 9.69 Å². The summed E-state index contributed by atoms with van der Waals surface area (Å²) < 4.78 is 26.2. The van der Waals surface area contributed by atoms with Crippen LogP contribution in [0.2, 0.25) is 0 Å². The summed E-state index contributed by atoms with van der Waals surface area (Å²) in [6, 6.07) is 20.0. The second-order valence-electron chi connectivity index (χ2n) is 10.4. The van der Waals surface area contributed by atoms with Crippen LogP contribution in [-0.4, -0.2) is 50.9 Å². The lowest BCUT2D eigenvalue weighted by Crippen LogP contribution is -2.34. The zero-order chi connectivity index (χ0) is 29.6. The summed E-state index contributed by atoms with van der Waals surface area (Å²) in [5.41, 5.74) is 4.40. The van der Waals surface area contributed by atoms with Gasteiger partial charge in [0.25, 0.3) is 5.56 Å². The number of methoxy groups -OCH3 is 2. The van der Waals surface area contributed by atoms with Crippen LogP contribution >= 0.6 is 0 Å². The summed E-state index contributed by atoms with van der Waals surface area (Å²) in [6.45, 7) is 5.51. The number of nitrogens with one attached hydrogen (secondary N) is 1. The molecule has 0 aliphatic heterocycles. The van der Waals surface area contributed by atoms with Gasteiger partial charge in [-0.2, -0.15) is 0 Å². The summed E-state index contributed by atoms with van der Waals surface area (Å²) in [7, 11) is 3.24. The molecule has 0 saturated carbocycles. The first-order valence-corrected chi connectivity index (χ1v) is 14.0. The number of benzene rings is 3. The maximum Gasteiger partial charge on any atom is 0.252 e. The molecule has 0 unspecified atom stereocenters. The van der Waals surface area contributed by atoms with Crippen molar-refractivity contribution >= 4 is 10.9 Å². The van der Waals surface area contributed by atoms with E-state index in [1.54, 1.807) is 31.0 Å². The number of rotatable bonds is 12. The van der Waals surface area contributed by atoms with E-state index in [9.17, 15) is 9.18 Å². The number of hydrogen-bond acceptors (Lipinski definition) is 7. The van der Waals surface area contributed by atoms with E-state index in [2.05, 4.69) is 32.3 Å². The van der Waals surface area contributed by atoms with Crippen molar-refractivity contribution in [2.45, 2.75) is 45.8 Å². The average molecular weight is 571 g/mol. The van der Waals surface area contributed by atoms with Crippen molar-refractivity contribution in [1.29, 1.82) is 0 Å².